The number of Topliss-reactive ketones (excluding diaryl/α,β-unsaturated/α-hetero) is 1. The van der Waals surface area contributed by atoms with Gasteiger partial charge in [-0.3, -0.25) is 4.79 Å². The van der Waals surface area contributed by atoms with Crippen molar-refractivity contribution < 1.29 is 4.79 Å². The molecule has 0 atom stereocenters. The van der Waals surface area contributed by atoms with Crippen LogP contribution in [0, 0.1) is 0 Å². The molecular weight excluding hydrogens is 258 g/mol. The topological polar surface area (TPSA) is 43.1 Å². The average molecular weight is 279 g/mol. The van der Waals surface area contributed by atoms with Crippen molar-refractivity contribution >= 4 is 11.5 Å². The van der Waals surface area contributed by atoms with Gasteiger partial charge in [0.25, 0.3) is 0 Å². The third-order valence-corrected chi connectivity index (χ3v) is 4.21. The lowest BCUT2D eigenvalue weighted by Gasteiger charge is -2.05. The van der Waals surface area contributed by atoms with Gasteiger partial charge in [0, 0.05) is 18.5 Å². The Morgan fingerprint density at radius 1 is 1.00 bits per heavy atom. The Balaban J connectivity index is 1.57. The molecule has 2 aromatic rings. The third-order valence-electron chi connectivity index (χ3n) is 4.21. The molecule has 0 unspecified atom stereocenters. The summed E-state index contributed by atoms with van der Waals surface area (Å²) < 4.78 is 0. The van der Waals surface area contributed by atoms with Crippen LogP contribution in [0.3, 0.4) is 0 Å². The SMILES string of the molecule is Nc1cccc(CCC(=O)Cc2ccc3c(c2)CCC3)c1. The molecule has 0 bridgehead atoms. The van der Waals surface area contributed by atoms with E-state index < -0.39 is 0 Å². The fourth-order valence-electron chi connectivity index (χ4n) is 3.08. The summed E-state index contributed by atoms with van der Waals surface area (Å²) in [6, 6.07) is 14.3. The molecule has 2 nitrogen and oxygen atoms in total. The van der Waals surface area contributed by atoms with Gasteiger partial charge >= 0.3 is 0 Å². The lowest BCUT2D eigenvalue weighted by molar-refractivity contribution is -0.118. The Morgan fingerprint density at radius 2 is 1.86 bits per heavy atom. The number of fused-ring (bicyclic) bond motifs is 1. The van der Waals surface area contributed by atoms with Gasteiger partial charge in [-0.25, -0.2) is 0 Å². The number of ketones is 1. The molecule has 0 heterocycles. The molecule has 0 saturated heterocycles. The van der Waals surface area contributed by atoms with Crippen LogP contribution >= 0.6 is 0 Å². The molecule has 2 N–H and O–H groups in total. The molecule has 3 rings (SSSR count). The van der Waals surface area contributed by atoms with Gasteiger partial charge in [-0.1, -0.05) is 30.3 Å². The molecule has 1 aliphatic carbocycles. The van der Waals surface area contributed by atoms with Crippen molar-refractivity contribution in [1.82, 2.24) is 0 Å². The fraction of sp³-hybridized carbons (Fsp3) is 0.316. The fourth-order valence-corrected chi connectivity index (χ4v) is 3.08. The zero-order valence-corrected chi connectivity index (χ0v) is 12.3. The highest BCUT2D eigenvalue weighted by molar-refractivity contribution is 5.81. The summed E-state index contributed by atoms with van der Waals surface area (Å²) in [5.41, 5.74) is 11.7. The van der Waals surface area contributed by atoms with Gasteiger partial charge in [-0.2, -0.15) is 0 Å². The number of nitrogens with two attached hydrogens (primary N) is 1. The minimum absolute atomic E-state index is 0.301. The molecule has 21 heavy (non-hydrogen) atoms. The van der Waals surface area contributed by atoms with Crippen molar-refractivity contribution in [2.75, 3.05) is 5.73 Å². The molecule has 0 saturated carbocycles. The second kappa shape index (κ2) is 6.13. The monoisotopic (exact) mass is 279 g/mol. The number of nitrogen functional groups attached to an aromatic ring is 1. The highest BCUT2D eigenvalue weighted by Crippen LogP contribution is 2.23. The molecule has 2 aromatic carbocycles. The van der Waals surface area contributed by atoms with Crippen LogP contribution in [-0.2, 0) is 30.5 Å². The van der Waals surface area contributed by atoms with Crippen LogP contribution in [0.25, 0.3) is 0 Å². The third kappa shape index (κ3) is 3.52. The van der Waals surface area contributed by atoms with E-state index in [0.717, 1.165) is 23.2 Å². The minimum atomic E-state index is 0.301. The van der Waals surface area contributed by atoms with Gasteiger partial charge in [0.1, 0.15) is 5.78 Å². The average Bonchev–Trinajstić information content (AvgIpc) is 2.93. The van der Waals surface area contributed by atoms with Crippen LogP contribution in [0.1, 0.15) is 35.1 Å². The first-order chi connectivity index (χ1) is 10.2. The summed E-state index contributed by atoms with van der Waals surface area (Å²) in [6.45, 7) is 0. The van der Waals surface area contributed by atoms with Crippen LogP contribution in [0.4, 0.5) is 5.69 Å². The Bertz CT molecular complexity index is 660. The summed E-state index contributed by atoms with van der Waals surface area (Å²) >= 11 is 0. The lowest BCUT2D eigenvalue weighted by Crippen LogP contribution is -2.05. The highest BCUT2D eigenvalue weighted by Gasteiger charge is 2.12. The van der Waals surface area contributed by atoms with Crippen LogP contribution in [0.2, 0.25) is 0 Å². The number of hydrogen-bond donors (Lipinski definition) is 1. The molecule has 2 heteroatoms. The maximum atomic E-state index is 12.1. The van der Waals surface area contributed by atoms with Crippen molar-refractivity contribution in [3.05, 3.63) is 64.7 Å². The molecule has 0 aliphatic heterocycles. The molecule has 0 radical (unpaired) electrons. The summed E-state index contributed by atoms with van der Waals surface area (Å²) in [5.74, 6) is 0.301. The second-order valence-electron chi connectivity index (χ2n) is 5.92. The lowest BCUT2D eigenvalue weighted by atomic mass is 9.99. The predicted molar refractivity (Wildman–Crippen MR) is 86.4 cm³/mol. The molecule has 108 valence electrons. The van der Waals surface area contributed by atoms with E-state index in [-0.39, 0.29) is 0 Å². The van der Waals surface area contributed by atoms with Gasteiger partial charge < -0.3 is 5.73 Å². The Labute approximate surface area is 126 Å². The first kappa shape index (κ1) is 13.9. The van der Waals surface area contributed by atoms with E-state index in [1.54, 1.807) is 0 Å². The highest BCUT2D eigenvalue weighted by atomic mass is 16.1. The molecule has 1 aliphatic rings. The van der Waals surface area contributed by atoms with E-state index in [9.17, 15) is 4.79 Å². The predicted octanol–water partition coefficient (Wildman–Crippen LogP) is 3.50. The van der Waals surface area contributed by atoms with Gasteiger partial charge in [0.15, 0.2) is 0 Å². The van der Waals surface area contributed by atoms with E-state index in [2.05, 4.69) is 18.2 Å². The van der Waals surface area contributed by atoms with Crippen molar-refractivity contribution in [2.45, 2.75) is 38.5 Å². The smallest absolute Gasteiger partial charge is 0.137 e. The van der Waals surface area contributed by atoms with Crippen LogP contribution < -0.4 is 5.73 Å². The number of carbonyl (C=O) groups excluding carboxylic acids is 1. The number of anilines is 1. The molecule has 0 spiro atoms. The first-order valence-electron chi connectivity index (χ1n) is 7.67. The molecule has 0 aromatic heterocycles. The summed E-state index contributed by atoms with van der Waals surface area (Å²) in [4.78, 5) is 12.1. The van der Waals surface area contributed by atoms with Crippen molar-refractivity contribution in [3.8, 4) is 0 Å². The number of hydrogen-bond acceptors (Lipinski definition) is 2. The molecular formula is C19H21NO. The summed E-state index contributed by atoms with van der Waals surface area (Å²) in [6.07, 6.45) is 5.52. The molecule has 0 fully saturated rings. The van der Waals surface area contributed by atoms with E-state index >= 15 is 0 Å². The number of benzene rings is 2. The van der Waals surface area contributed by atoms with Gasteiger partial charge in [-0.15, -0.1) is 0 Å². The second-order valence-corrected chi connectivity index (χ2v) is 5.92. The normalized spacial score (nSPS) is 13.1. The zero-order valence-electron chi connectivity index (χ0n) is 12.3. The van der Waals surface area contributed by atoms with Crippen molar-refractivity contribution in [1.29, 1.82) is 0 Å². The van der Waals surface area contributed by atoms with E-state index in [4.69, 9.17) is 5.73 Å². The van der Waals surface area contributed by atoms with Gasteiger partial charge in [-0.05, 0) is 60.1 Å². The Hall–Kier alpha value is -2.09. The standard InChI is InChI=1S/C19H21NO/c20-18-6-1-3-14(12-18)8-10-19(21)13-15-7-9-16-4-2-5-17(16)11-15/h1,3,6-7,9,11-12H,2,4-5,8,10,13,20H2. The van der Waals surface area contributed by atoms with Crippen molar-refractivity contribution in [3.63, 3.8) is 0 Å². The zero-order chi connectivity index (χ0) is 14.7. The van der Waals surface area contributed by atoms with Crippen LogP contribution in [-0.4, -0.2) is 5.78 Å². The largest absolute Gasteiger partial charge is 0.399 e. The van der Waals surface area contributed by atoms with Crippen molar-refractivity contribution in [2.24, 2.45) is 0 Å². The first-order valence-corrected chi connectivity index (χ1v) is 7.67. The number of carbonyl (C=O) groups is 1. The molecule has 0 amide bonds. The Kier molecular flexibility index (Phi) is 4.05. The van der Waals surface area contributed by atoms with Crippen LogP contribution in [0.5, 0.6) is 0 Å². The van der Waals surface area contributed by atoms with E-state index in [1.165, 1.54) is 30.4 Å². The van der Waals surface area contributed by atoms with E-state index in [0.29, 0.717) is 18.6 Å². The number of rotatable bonds is 5. The number of aryl methyl sites for hydroxylation is 3. The summed E-state index contributed by atoms with van der Waals surface area (Å²) in [5, 5.41) is 0. The maximum absolute atomic E-state index is 12.1. The maximum Gasteiger partial charge on any atom is 0.137 e. The Morgan fingerprint density at radius 3 is 2.71 bits per heavy atom. The summed E-state index contributed by atoms with van der Waals surface area (Å²) in [7, 11) is 0. The quantitative estimate of drug-likeness (QED) is 0.851. The van der Waals surface area contributed by atoms with Crippen LogP contribution in [0.15, 0.2) is 42.5 Å². The van der Waals surface area contributed by atoms with Gasteiger partial charge in [0.2, 0.25) is 0 Å². The minimum Gasteiger partial charge on any atom is -0.399 e. The van der Waals surface area contributed by atoms with E-state index in [1.807, 2.05) is 24.3 Å². The van der Waals surface area contributed by atoms with Gasteiger partial charge in [0.05, 0.1) is 0 Å².